The fraction of sp³-hybridized carbons (Fsp3) is 0.500. The monoisotopic (exact) mass is 286 g/mol. The minimum Gasteiger partial charge on any atom is -0.481 e. The van der Waals surface area contributed by atoms with Gasteiger partial charge in [-0.3, -0.25) is 9.78 Å². The first-order chi connectivity index (χ1) is 8.89. The number of aryl methyl sites for hydroxylation is 1. The predicted molar refractivity (Wildman–Crippen MR) is 71.2 cm³/mol. The Balaban J connectivity index is 2.41. The summed E-state index contributed by atoms with van der Waals surface area (Å²) in [5, 5.41) is 8.53. The van der Waals surface area contributed by atoms with E-state index in [0.717, 1.165) is 5.56 Å². The van der Waals surface area contributed by atoms with Gasteiger partial charge in [0.25, 0.3) is 0 Å². The average molecular weight is 286 g/mol. The maximum absolute atomic E-state index is 11.8. The van der Waals surface area contributed by atoms with Gasteiger partial charge in [0, 0.05) is 24.9 Å². The van der Waals surface area contributed by atoms with E-state index in [1.165, 1.54) is 0 Å². The Morgan fingerprint density at radius 3 is 2.63 bits per heavy atom. The van der Waals surface area contributed by atoms with Gasteiger partial charge < -0.3 is 5.11 Å². The van der Waals surface area contributed by atoms with Crippen LogP contribution in [0, 0.1) is 0 Å². The number of aliphatic carboxylic acids is 1. The lowest BCUT2D eigenvalue weighted by Crippen LogP contribution is -2.35. The first kappa shape index (κ1) is 15.6. The number of hydrogen-bond donors (Lipinski definition) is 2. The van der Waals surface area contributed by atoms with Crippen molar-refractivity contribution in [1.29, 1.82) is 0 Å². The highest BCUT2D eigenvalue weighted by molar-refractivity contribution is 7.89. The minimum absolute atomic E-state index is 0.0194. The van der Waals surface area contributed by atoms with E-state index in [-0.39, 0.29) is 24.6 Å². The summed E-state index contributed by atoms with van der Waals surface area (Å²) in [5.74, 6) is -0.947. The summed E-state index contributed by atoms with van der Waals surface area (Å²) < 4.78 is 26.0. The zero-order chi connectivity index (χ0) is 14.3. The molecule has 7 heteroatoms. The van der Waals surface area contributed by atoms with Crippen molar-refractivity contribution in [3.05, 3.63) is 30.1 Å². The van der Waals surface area contributed by atoms with Crippen LogP contribution in [0.1, 0.15) is 25.3 Å². The van der Waals surface area contributed by atoms with Gasteiger partial charge in [-0.1, -0.05) is 0 Å². The Kier molecular flexibility index (Phi) is 5.91. The zero-order valence-corrected chi connectivity index (χ0v) is 11.6. The minimum atomic E-state index is -3.39. The van der Waals surface area contributed by atoms with Crippen molar-refractivity contribution in [1.82, 2.24) is 9.71 Å². The lowest BCUT2D eigenvalue weighted by Gasteiger charge is -2.13. The topological polar surface area (TPSA) is 96.4 Å². The van der Waals surface area contributed by atoms with Gasteiger partial charge in [-0.2, -0.15) is 0 Å². The molecule has 0 spiro atoms. The molecular weight excluding hydrogens is 268 g/mol. The summed E-state index contributed by atoms with van der Waals surface area (Å²) in [5.41, 5.74) is 0.901. The maximum atomic E-state index is 11.8. The van der Waals surface area contributed by atoms with Gasteiger partial charge in [-0.25, -0.2) is 13.1 Å². The molecule has 0 aliphatic heterocycles. The Labute approximate surface area is 112 Å². The molecule has 2 N–H and O–H groups in total. The van der Waals surface area contributed by atoms with Crippen molar-refractivity contribution in [3.8, 4) is 0 Å². The number of carboxylic acids is 1. The highest BCUT2D eigenvalue weighted by Gasteiger charge is 2.15. The normalized spacial score (nSPS) is 13.1. The van der Waals surface area contributed by atoms with Crippen LogP contribution in [0.2, 0.25) is 0 Å². The van der Waals surface area contributed by atoms with Crippen LogP contribution < -0.4 is 4.72 Å². The highest BCUT2D eigenvalue weighted by atomic mass is 32.2. The molecule has 0 aliphatic rings. The number of carbonyl (C=O) groups is 1. The number of carboxylic acid groups (broad SMARTS) is 1. The van der Waals surface area contributed by atoms with Crippen LogP contribution in [0.15, 0.2) is 24.5 Å². The Morgan fingerprint density at radius 1 is 1.42 bits per heavy atom. The number of aromatic nitrogens is 1. The molecule has 1 unspecified atom stereocenters. The van der Waals surface area contributed by atoms with Crippen molar-refractivity contribution in [2.24, 2.45) is 0 Å². The molecule has 19 heavy (non-hydrogen) atoms. The van der Waals surface area contributed by atoms with E-state index >= 15 is 0 Å². The molecule has 0 amide bonds. The molecule has 0 bridgehead atoms. The van der Waals surface area contributed by atoms with Crippen molar-refractivity contribution >= 4 is 16.0 Å². The molecular formula is C12H18N2O4S. The van der Waals surface area contributed by atoms with Crippen LogP contribution in [-0.4, -0.2) is 36.3 Å². The second kappa shape index (κ2) is 7.20. The molecule has 0 aliphatic carbocycles. The second-order valence-electron chi connectivity index (χ2n) is 4.38. The van der Waals surface area contributed by atoms with Gasteiger partial charge in [-0.15, -0.1) is 0 Å². The van der Waals surface area contributed by atoms with E-state index < -0.39 is 16.0 Å². The molecule has 106 valence electrons. The van der Waals surface area contributed by atoms with Crippen molar-refractivity contribution < 1.29 is 18.3 Å². The van der Waals surface area contributed by atoms with Gasteiger partial charge in [0.15, 0.2) is 0 Å². The number of pyridine rings is 1. The summed E-state index contributed by atoms with van der Waals surface area (Å²) >= 11 is 0. The summed E-state index contributed by atoms with van der Waals surface area (Å²) in [4.78, 5) is 14.3. The Bertz CT molecular complexity index is 502. The van der Waals surface area contributed by atoms with Crippen LogP contribution >= 0.6 is 0 Å². The standard InChI is InChI=1S/C12H18N2O4S/c1-10(2-3-12(15)16)14-19(17,18)9-6-11-4-7-13-8-5-11/h4-5,7-8,10,14H,2-3,6,9H2,1H3,(H,15,16). The molecule has 1 rings (SSSR count). The number of rotatable bonds is 8. The number of sulfonamides is 1. The lowest BCUT2D eigenvalue weighted by molar-refractivity contribution is -0.137. The van der Waals surface area contributed by atoms with Crippen molar-refractivity contribution in [2.75, 3.05) is 5.75 Å². The van der Waals surface area contributed by atoms with Gasteiger partial charge >= 0.3 is 5.97 Å². The van der Waals surface area contributed by atoms with E-state index in [2.05, 4.69) is 9.71 Å². The lowest BCUT2D eigenvalue weighted by atomic mass is 10.2. The number of hydrogen-bond acceptors (Lipinski definition) is 4. The van der Waals surface area contributed by atoms with Crippen molar-refractivity contribution in [3.63, 3.8) is 0 Å². The third-order valence-corrected chi connectivity index (χ3v) is 4.08. The molecule has 0 saturated carbocycles. The van der Waals surface area contributed by atoms with Gasteiger partial charge in [0.1, 0.15) is 0 Å². The van der Waals surface area contributed by atoms with Gasteiger partial charge in [0.05, 0.1) is 5.75 Å². The first-order valence-electron chi connectivity index (χ1n) is 6.00. The smallest absolute Gasteiger partial charge is 0.303 e. The van der Waals surface area contributed by atoms with Crippen LogP contribution in [0.3, 0.4) is 0 Å². The number of nitrogens with zero attached hydrogens (tertiary/aromatic N) is 1. The molecule has 1 atom stereocenters. The Morgan fingerprint density at radius 2 is 2.05 bits per heavy atom. The Hall–Kier alpha value is -1.47. The molecule has 1 aromatic rings. The van der Waals surface area contributed by atoms with E-state index in [0.29, 0.717) is 6.42 Å². The fourth-order valence-electron chi connectivity index (χ4n) is 1.57. The second-order valence-corrected chi connectivity index (χ2v) is 6.25. The predicted octanol–water partition coefficient (Wildman–Crippen LogP) is 0.797. The van der Waals surface area contributed by atoms with E-state index in [9.17, 15) is 13.2 Å². The molecule has 0 aromatic carbocycles. The van der Waals surface area contributed by atoms with Crippen LogP contribution in [0.5, 0.6) is 0 Å². The van der Waals surface area contributed by atoms with E-state index in [1.807, 2.05) is 0 Å². The van der Waals surface area contributed by atoms with Crippen molar-refractivity contribution in [2.45, 2.75) is 32.2 Å². The zero-order valence-electron chi connectivity index (χ0n) is 10.7. The van der Waals surface area contributed by atoms with E-state index in [4.69, 9.17) is 5.11 Å². The molecule has 1 heterocycles. The number of nitrogens with one attached hydrogen (secondary N) is 1. The third kappa shape index (κ3) is 6.88. The van der Waals surface area contributed by atoms with Gasteiger partial charge in [-0.05, 0) is 37.5 Å². The summed E-state index contributed by atoms with van der Waals surface area (Å²) in [6.45, 7) is 1.66. The average Bonchev–Trinajstić information content (AvgIpc) is 2.35. The molecule has 0 fully saturated rings. The molecule has 1 aromatic heterocycles. The summed E-state index contributed by atoms with van der Waals surface area (Å²) in [6.07, 6.45) is 3.87. The van der Waals surface area contributed by atoms with Crippen LogP contribution in [-0.2, 0) is 21.2 Å². The molecule has 0 radical (unpaired) electrons. The summed E-state index contributed by atoms with van der Waals surface area (Å²) in [6, 6.07) is 3.16. The molecule has 6 nitrogen and oxygen atoms in total. The van der Waals surface area contributed by atoms with Crippen LogP contribution in [0.4, 0.5) is 0 Å². The highest BCUT2D eigenvalue weighted by Crippen LogP contribution is 2.03. The first-order valence-corrected chi connectivity index (χ1v) is 7.65. The molecule has 0 saturated heterocycles. The SMILES string of the molecule is CC(CCC(=O)O)NS(=O)(=O)CCc1ccncc1. The van der Waals surface area contributed by atoms with Crippen LogP contribution in [0.25, 0.3) is 0 Å². The maximum Gasteiger partial charge on any atom is 0.303 e. The van der Waals surface area contributed by atoms with E-state index in [1.54, 1.807) is 31.5 Å². The fourth-order valence-corrected chi connectivity index (χ4v) is 2.92. The quantitative estimate of drug-likeness (QED) is 0.736. The summed E-state index contributed by atoms with van der Waals surface area (Å²) in [7, 11) is -3.39. The third-order valence-electron chi connectivity index (χ3n) is 2.58. The van der Waals surface area contributed by atoms with Gasteiger partial charge in [0.2, 0.25) is 10.0 Å². The largest absolute Gasteiger partial charge is 0.481 e.